The Hall–Kier alpha value is -3.19. The van der Waals surface area contributed by atoms with E-state index in [1.807, 2.05) is 12.2 Å². The van der Waals surface area contributed by atoms with Crippen molar-refractivity contribution in [3.63, 3.8) is 0 Å². The highest BCUT2D eigenvalue weighted by Crippen LogP contribution is 2.33. The van der Waals surface area contributed by atoms with Crippen molar-refractivity contribution in [3.05, 3.63) is 102 Å². The first-order valence-corrected chi connectivity index (χ1v) is 9.21. The third kappa shape index (κ3) is 4.71. The predicted octanol–water partition coefficient (Wildman–Crippen LogP) is 6.99. The Labute approximate surface area is 162 Å². The van der Waals surface area contributed by atoms with Crippen LogP contribution in [0.5, 0.6) is 0 Å². The number of rotatable bonds is 5. The van der Waals surface area contributed by atoms with Gasteiger partial charge in [0, 0.05) is 13.3 Å². The highest BCUT2D eigenvalue weighted by atomic mass is 14.6. The fraction of sp³-hybridized carbons (Fsp3) is 0.115. The summed E-state index contributed by atoms with van der Waals surface area (Å²) >= 11 is 0. The fourth-order valence-electron chi connectivity index (χ4n) is 3.09. The van der Waals surface area contributed by atoms with Crippen LogP contribution in [0.4, 0.5) is 0 Å². The average molecular weight is 351 g/mol. The normalized spacial score (nSPS) is 12.2. The van der Waals surface area contributed by atoms with Crippen LogP contribution < -0.4 is 0 Å². The lowest BCUT2D eigenvalue weighted by Gasteiger charge is -2.13. The highest BCUT2D eigenvalue weighted by molar-refractivity contribution is 5.85. The molecule has 0 aliphatic heterocycles. The number of hydrogen-bond acceptors (Lipinski definition) is 1. The van der Waals surface area contributed by atoms with Crippen molar-refractivity contribution >= 4 is 11.8 Å². The lowest BCUT2D eigenvalue weighted by molar-refractivity contribution is 1.46. The van der Waals surface area contributed by atoms with Crippen molar-refractivity contribution in [1.82, 2.24) is 0 Å². The maximum atomic E-state index is 3.99. The van der Waals surface area contributed by atoms with Gasteiger partial charge < -0.3 is 0 Å². The van der Waals surface area contributed by atoms with Gasteiger partial charge in [-0.2, -0.15) is 0 Å². The SMILES string of the molecule is CN=C/C=C\C=C(/C)c1cc(-c2ccc(C)cc2)ccc1-c1ccccc1. The summed E-state index contributed by atoms with van der Waals surface area (Å²) in [6.45, 7) is 4.28. The Morgan fingerprint density at radius 3 is 2.19 bits per heavy atom. The van der Waals surface area contributed by atoms with Crippen molar-refractivity contribution in [3.8, 4) is 22.3 Å². The molecule has 0 amide bonds. The van der Waals surface area contributed by atoms with Crippen molar-refractivity contribution in [2.24, 2.45) is 4.99 Å². The van der Waals surface area contributed by atoms with Crippen LogP contribution in [0, 0.1) is 6.92 Å². The number of nitrogens with zero attached hydrogens (tertiary/aromatic N) is 1. The van der Waals surface area contributed by atoms with Gasteiger partial charge in [0.25, 0.3) is 0 Å². The standard InChI is InChI=1S/C26H25N/c1-20-12-14-22(15-13-20)24-16-17-25(23-10-5-4-6-11-23)26(19-24)21(2)9-7-8-18-27-3/h4-19H,1-3H3/b8-7-,21-9+,27-18?. The van der Waals surface area contributed by atoms with Crippen LogP contribution >= 0.6 is 0 Å². The van der Waals surface area contributed by atoms with Crippen LogP contribution in [-0.2, 0) is 0 Å². The van der Waals surface area contributed by atoms with Gasteiger partial charge in [0.1, 0.15) is 0 Å². The molecule has 0 fully saturated rings. The van der Waals surface area contributed by atoms with Crippen LogP contribution in [0.25, 0.3) is 27.8 Å². The van der Waals surface area contributed by atoms with E-state index in [9.17, 15) is 0 Å². The van der Waals surface area contributed by atoms with E-state index < -0.39 is 0 Å². The third-order valence-electron chi connectivity index (χ3n) is 4.61. The monoisotopic (exact) mass is 351 g/mol. The van der Waals surface area contributed by atoms with E-state index in [2.05, 4.69) is 97.7 Å². The van der Waals surface area contributed by atoms with Gasteiger partial charge in [-0.25, -0.2) is 0 Å². The van der Waals surface area contributed by atoms with Gasteiger partial charge in [0.05, 0.1) is 0 Å². The molecule has 0 atom stereocenters. The van der Waals surface area contributed by atoms with Gasteiger partial charge in [0.15, 0.2) is 0 Å². The number of hydrogen-bond donors (Lipinski definition) is 0. The van der Waals surface area contributed by atoms with E-state index in [-0.39, 0.29) is 0 Å². The molecule has 3 aromatic carbocycles. The van der Waals surface area contributed by atoms with E-state index in [1.165, 1.54) is 39.0 Å². The van der Waals surface area contributed by atoms with E-state index in [4.69, 9.17) is 0 Å². The summed E-state index contributed by atoms with van der Waals surface area (Å²) in [4.78, 5) is 3.99. The van der Waals surface area contributed by atoms with Crippen molar-refractivity contribution in [1.29, 1.82) is 0 Å². The van der Waals surface area contributed by atoms with Gasteiger partial charge in [-0.3, -0.25) is 4.99 Å². The summed E-state index contributed by atoms with van der Waals surface area (Å²) in [6, 6.07) is 26.0. The zero-order valence-corrected chi connectivity index (χ0v) is 16.2. The van der Waals surface area contributed by atoms with Crippen LogP contribution in [-0.4, -0.2) is 13.3 Å². The molecule has 1 heteroatoms. The van der Waals surface area contributed by atoms with Crippen LogP contribution in [0.3, 0.4) is 0 Å². The average Bonchev–Trinajstić information content (AvgIpc) is 2.72. The number of aryl methyl sites for hydroxylation is 1. The molecule has 0 radical (unpaired) electrons. The third-order valence-corrected chi connectivity index (χ3v) is 4.61. The molecule has 3 aromatic rings. The maximum absolute atomic E-state index is 3.99. The summed E-state index contributed by atoms with van der Waals surface area (Å²) in [5.41, 5.74) is 8.70. The van der Waals surface area contributed by atoms with Crippen LogP contribution in [0.15, 0.2) is 96.0 Å². The van der Waals surface area contributed by atoms with Crippen molar-refractivity contribution < 1.29 is 0 Å². The van der Waals surface area contributed by atoms with Gasteiger partial charge >= 0.3 is 0 Å². The van der Waals surface area contributed by atoms with E-state index in [0.29, 0.717) is 0 Å². The molecule has 0 heterocycles. The summed E-state index contributed by atoms with van der Waals surface area (Å²) in [5.74, 6) is 0. The Bertz CT molecular complexity index is 974. The molecule has 0 aromatic heterocycles. The Morgan fingerprint density at radius 2 is 1.48 bits per heavy atom. The molecule has 0 bridgehead atoms. The zero-order valence-electron chi connectivity index (χ0n) is 16.2. The van der Waals surface area contributed by atoms with E-state index in [0.717, 1.165) is 0 Å². The zero-order chi connectivity index (χ0) is 19.1. The van der Waals surface area contributed by atoms with Crippen LogP contribution in [0.1, 0.15) is 18.1 Å². The Morgan fingerprint density at radius 1 is 0.778 bits per heavy atom. The molecule has 0 spiro atoms. The summed E-state index contributed by atoms with van der Waals surface area (Å²) in [6.07, 6.45) is 7.93. The van der Waals surface area contributed by atoms with Crippen molar-refractivity contribution in [2.75, 3.05) is 7.05 Å². The van der Waals surface area contributed by atoms with Gasteiger partial charge in [-0.1, -0.05) is 84.4 Å². The second-order valence-corrected chi connectivity index (χ2v) is 6.63. The molecular formula is C26H25N. The molecule has 0 aliphatic rings. The molecule has 134 valence electrons. The molecule has 3 rings (SSSR count). The minimum atomic E-state index is 1.23. The lowest BCUT2D eigenvalue weighted by Crippen LogP contribution is -1.90. The molecule has 1 nitrogen and oxygen atoms in total. The highest BCUT2D eigenvalue weighted by Gasteiger charge is 2.09. The van der Waals surface area contributed by atoms with Gasteiger partial charge in [0.2, 0.25) is 0 Å². The molecule has 0 saturated heterocycles. The predicted molar refractivity (Wildman–Crippen MR) is 119 cm³/mol. The largest absolute Gasteiger partial charge is 0.297 e. The fourth-order valence-corrected chi connectivity index (χ4v) is 3.09. The second-order valence-electron chi connectivity index (χ2n) is 6.63. The first-order chi connectivity index (χ1) is 13.2. The minimum Gasteiger partial charge on any atom is -0.297 e. The second kappa shape index (κ2) is 8.95. The minimum absolute atomic E-state index is 1.23. The quantitative estimate of drug-likeness (QED) is 0.347. The molecule has 0 unspecified atom stereocenters. The van der Waals surface area contributed by atoms with Gasteiger partial charge in [-0.15, -0.1) is 0 Å². The molecule has 0 aliphatic carbocycles. The molecule has 0 saturated carbocycles. The first kappa shape index (κ1) is 18.6. The Kier molecular flexibility index (Phi) is 6.17. The smallest absolute Gasteiger partial charge is 0.0277 e. The topological polar surface area (TPSA) is 12.4 Å². The van der Waals surface area contributed by atoms with E-state index >= 15 is 0 Å². The summed E-state index contributed by atoms with van der Waals surface area (Å²) in [5, 5.41) is 0. The van der Waals surface area contributed by atoms with Gasteiger partial charge in [-0.05, 0) is 59.4 Å². The van der Waals surface area contributed by atoms with E-state index in [1.54, 1.807) is 13.3 Å². The van der Waals surface area contributed by atoms with Crippen molar-refractivity contribution in [2.45, 2.75) is 13.8 Å². The number of allylic oxidation sites excluding steroid dienone is 4. The maximum Gasteiger partial charge on any atom is 0.0277 e. The molecular weight excluding hydrogens is 326 g/mol. The Balaban J connectivity index is 2.10. The number of benzene rings is 3. The van der Waals surface area contributed by atoms with Crippen LogP contribution in [0.2, 0.25) is 0 Å². The summed E-state index contributed by atoms with van der Waals surface area (Å²) < 4.78 is 0. The number of aliphatic imine (C=N–C) groups is 1. The first-order valence-electron chi connectivity index (χ1n) is 9.21. The molecule has 27 heavy (non-hydrogen) atoms. The molecule has 0 N–H and O–H groups in total. The summed E-state index contributed by atoms with van der Waals surface area (Å²) in [7, 11) is 1.78. The lowest BCUT2D eigenvalue weighted by atomic mass is 9.91.